The highest BCUT2D eigenvalue weighted by molar-refractivity contribution is 7.92. The summed E-state index contributed by atoms with van der Waals surface area (Å²) in [5, 5.41) is -1.29. The van der Waals surface area contributed by atoms with E-state index in [1.54, 1.807) is 0 Å². The summed E-state index contributed by atoms with van der Waals surface area (Å²) in [6, 6.07) is 0. The normalized spacial score (nSPS) is 15.4. The maximum atomic E-state index is 11.5. The average Bonchev–Trinajstić information content (AvgIpc) is 2.14. The van der Waals surface area contributed by atoms with Gasteiger partial charge in [-0.25, -0.2) is 8.42 Å². The third kappa shape index (κ3) is 3.86. The largest absolute Gasteiger partial charge is 0.469 e. The van der Waals surface area contributed by atoms with E-state index in [9.17, 15) is 18.0 Å². The molecule has 0 rings (SSSR count). The summed E-state index contributed by atoms with van der Waals surface area (Å²) in [5.74, 6) is -2.80. The van der Waals surface area contributed by atoms with Crippen molar-refractivity contribution in [2.24, 2.45) is 11.7 Å². The van der Waals surface area contributed by atoms with Crippen LogP contribution in [0, 0.1) is 5.92 Å². The van der Waals surface area contributed by atoms with Gasteiger partial charge in [-0.05, 0) is 6.92 Å². The molecule has 0 fully saturated rings. The molecule has 88 valence electrons. The number of hydrogen-bond acceptors (Lipinski definition) is 5. The lowest BCUT2D eigenvalue weighted by molar-refractivity contribution is -0.144. The quantitative estimate of drug-likeness (QED) is 0.623. The van der Waals surface area contributed by atoms with Crippen LogP contribution in [0.2, 0.25) is 0 Å². The van der Waals surface area contributed by atoms with Gasteiger partial charge in [0.15, 0.2) is 9.84 Å². The van der Waals surface area contributed by atoms with Crippen LogP contribution in [0.15, 0.2) is 0 Å². The minimum atomic E-state index is -3.69. The second kappa shape index (κ2) is 5.11. The van der Waals surface area contributed by atoms with E-state index in [2.05, 4.69) is 4.74 Å². The highest BCUT2D eigenvalue weighted by atomic mass is 32.2. The maximum Gasteiger partial charge on any atom is 0.309 e. The zero-order chi connectivity index (χ0) is 12.2. The first-order valence-electron chi connectivity index (χ1n) is 4.31. The highest BCUT2D eigenvalue weighted by Crippen LogP contribution is 2.09. The number of amides is 1. The van der Waals surface area contributed by atoms with Crippen molar-refractivity contribution in [2.45, 2.75) is 19.1 Å². The molecule has 6 nitrogen and oxygen atoms in total. The lowest BCUT2D eigenvalue weighted by atomic mass is 10.2. The van der Waals surface area contributed by atoms with Crippen LogP contribution in [-0.2, 0) is 24.2 Å². The third-order valence-corrected chi connectivity index (χ3v) is 4.30. The first-order valence-corrected chi connectivity index (χ1v) is 6.02. The van der Waals surface area contributed by atoms with Gasteiger partial charge in [-0.1, -0.05) is 6.92 Å². The van der Waals surface area contributed by atoms with Crippen LogP contribution >= 0.6 is 0 Å². The molecular formula is C8H15NO5S. The summed E-state index contributed by atoms with van der Waals surface area (Å²) in [7, 11) is -2.52. The number of primary amides is 1. The van der Waals surface area contributed by atoms with E-state index in [-0.39, 0.29) is 0 Å². The third-order valence-electron chi connectivity index (χ3n) is 2.03. The molecule has 1 amide bonds. The fraction of sp³-hybridized carbons (Fsp3) is 0.750. The lowest BCUT2D eigenvalue weighted by Gasteiger charge is -2.12. The SMILES string of the molecule is COC(=O)C(C)CS(=O)(=O)C(C)C(N)=O. The molecule has 2 N–H and O–H groups in total. The van der Waals surface area contributed by atoms with E-state index in [1.165, 1.54) is 21.0 Å². The molecule has 7 heteroatoms. The minimum Gasteiger partial charge on any atom is -0.469 e. The summed E-state index contributed by atoms with van der Waals surface area (Å²) in [4.78, 5) is 21.7. The number of esters is 1. The molecule has 0 spiro atoms. The van der Waals surface area contributed by atoms with Crippen molar-refractivity contribution >= 4 is 21.7 Å². The number of rotatable bonds is 5. The molecule has 0 saturated heterocycles. The molecule has 15 heavy (non-hydrogen) atoms. The van der Waals surface area contributed by atoms with Crippen molar-refractivity contribution in [1.29, 1.82) is 0 Å². The number of carbonyl (C=O) groups is 2. The molecule has 0 aromatic carbocycles. The Bertz CT molecular complexity index is 348. The van der Waals surface area contributed by atoms with Crippen molar-refractivity contribution in [3.63, 3.8) is 0 Å². The molecule has 0 aliphatic rings. The van der Waals surface area contributed by atoms with Gasteiger partial charge in [0.1, 0.15) is 5.25 Å². The highest BCUT2D eigenvalue weighted by Gasteiger charge is 2.30. The van der Waals surface area contributed by atoms with Gasteiger partial charge in [-0.3, -0.25) is 9.59 Å². The fourth-order valence-corrected chi connectivity index (χ4v) is 2.41. The molecular weight excluding hydrogens is 222 g/mol. The number of nitrogens with two attached hydrogens (primary N) is 1. The first kappa shape index (κ1) is 13.9. The molecule has 0 aromatic heterocycles. The molecule has 0 aliphatic carbocycles. The van der Waals surface area contributed by atoms with Crippen LogP contribution in [0.5, 0.6) is 0 Å². The molecule has 0 radical (unpaired) electrons. The Hall–Kier alpha value is -1.11. The molecule has 2 unspecified atom stereocenters. The number of carbonyl (C=O) groups excluding carboxylic acids is 2. The monoisotopic (exact) mass is 237 g/mol. The summed E-state index contributed by atoms with van der Waals surface area (Å²) in [5.41, 5.74) is 4.87. The van der Waals surface area contributed by atoms with E-state index in [4.69, 9.17) is 5.73 Å². The topological polar surface area (TPSA) is 104 Å². The van der Waals surface area contributed by atoms with Crippen molar-refractivity contribution in [1.82, 2.24) is 0 Å². The number of ether oxygens (including phenoxy) is 1. The second-order valence-electron chi connectivity index (χ2n) is 3.30. The van der Waals surface area contributed by atoms with E-state index < -0.39 is 38.6 Å². The Morgan fingerprint density at radius 1 is 1.33 bits per heavy atom. The van der Waals surface area contributed by atoms with Gasteiger partial charge in [0, 0.05) is 0 Å². The molecule has 0 saturated carbocycles. The molecule has 0 aromatic rings. The summed E-state index contributed by atoms with van der Waals surface area (Å²) < 4.78 is 27.4. The van der Waals surface area contributed by atoms with Crippen LogP contribution in [0.1, 0.15) is 13.8 Å². The Labute approximate surface area is 88.7 Å². The summed E-state index contributed by atoms with van der Waals surface area (Å²) >= 11 is 0. The van der Waals surface area contributed by atoms with Crippen molar-refractivity contribution < 1.29 is 22.7 Å². The second-order valence-corrected chi connectivity index (χ2v) is 5.66. The van der Waals surface area contributed by atoms with Gasteiger partial charge >= 0.3 is 5.97 Å². The Morgan fingerprint density at radius 2 is 1.80 bits per heavy atom. The van der Waals surface area contributed by atoms with Gasteiger partial charge < -0.3 is 10.5 Å². The predicted molar refractivity (Wildman–Crippen MR) is 53.6 cm³/mol. The van der Waals surface area contributed by atoms with E-state index in [0.29, 0.717) is 0 Å². The maximum absolute atomic E-state index is 11.5. The smallest absolute Gasteiger partial charge is 0.309 e. The minimum absolute atomic E-state index is 0.441. The number of hydrogen-bond donors (Lipinski definition) is 1. The van der Waals surface area contributed by atoms with Crippen molar-refractivity contribution in [3.05, 3.63) is 0 Å². The number of methoxy groups -OCH3 is 1. The molecule has 0 bridgehead atoms. The van der Waals surface area contributed by atoms with Crippen LogP contribution in [0.3, 0.4) is 0 Å². The zero-order valence-corrected chi connectivity index (χ0v) is 9.71. The number of sulfone groups is 1. The van der Waals surface area contributed by atoms with E-state index in [0.717, 1.165) is 0 Å². The average molecular weight is 237 g/mol. The Morgan fingerprint density at radius 3 is 2.13 bits per heavy atom. The van der Waals surface area contributed by atoms with Crippen molar-refractivity contribution in [2.75, 3.05) is 12.9 Å². The predicted octanol–water partition coefficient (Wildman–Crippen LogP) is -0.916. The Kier molecular flexibility index (Phi) is 4.73. The van der Waals surface area contributed by atoms with E-state index in [1.807, 2.05) is 0 Å². The van der Waals surface area contributed by atoms with Gasteiger partial charge in [0.25, 0.3) is 0 Å². The van der Waals surface area contributed by atoms with E-state index >= 15 is 0 Å². The first-order chi connectivity index (χ1) is 6.72. The van der Waals surface area contributed by atoms with Gasteiger partial charge in [-0.15, -0.1) is 0 Å². The van der Waals surface area contributed by atoms with Crippen LogP contribution in [0.25, 0.3) is 0 Å². The van der Waals surface area contributed by atoms with Crippen LogP contribution < -0.4 is 5.73 Å². The van der Waals surface area contributed by atoms with Gasteiger partial charge in [-0.2, -0.15) is 0 Å². The van der Waals surface area contributed by atoms with Crippen molar-refractivity contribution in [3.8, 4) is 0 Å². The van der Waals surface area contributed by atoms with Gasteiger partial charge in [0.2, 0.25) is 5.91 Å². The summed E-state index contributed by atoms with van der Waals surface area (Å²) in [6.07, 6.45) is 0. The molecule has 2 atom stereocenters. The van der Waals surface area contributed by atoms with Crippen LogP contribution in [-0.4, -0.2) is 38.4 Å². The lowest BCUT2D eigenvalue weighted by Crippen LogP contribution is -2.37. The standard InChI is InChI=1S/C8H15NO5S/c1-5(8(11)14-3)4-15(12,13)6(2)7(9)10/h5-6H,4H2,1-3H3,(H2,9,10). The zero-order valence-electron chi connectivity index (χ0n) is 8.89. The Balaban J connectivity index is 4.66. The summed E-state index contributed by atoms with van der Waals surface area (Å²) in [6.45, 7) is 2.61. The van der Waals surface area contributed by atoms with Crippen LogP contribution in [0.4, 0.5) is 0 Å². The fourth-order valence-electron chi connectivity index (χ4n) is 0.939. The van der Waals surface area contributed by atoms with Gasteiger partial charge in [0.05, 0.1) is 18.8 Å². The molecule has 0 heterocycles. The molecule has 0 aliphatic heterocycles.